The van der Waals surface area contributed by atoms with Gasteiger partial charge in [-0.25, -0.2) is 9.78 Å². The molecule has 8 nitrogen and oxygen atoms in total. The van der Waals surface area contributed by atoms with Crippen molar-refractivity contribution in [2.75, 3.05) is 39.5 Å². The smallest absolute Gasteiger partial charge is 0.320 e. The third kappa shape index (κ3) is 3.87. The molecule has 9 heteroatoms. The molecule has 0 radical (unpaired) electrons. The highest BCUT2D eigenvalue weighted by Crippen LogP contribution is 2.36. The van der Waals surface area contributed by atoms with E-state index < -0.39 is 0 Å². The van der Waals surface area contributed by atoms with Crippen LogP contribution in [0.25, 0.3) is 22.2 Å². The van der Waals surface area contributed by atoms with Crippen molar-refractivity contribution >= 4 is 28.7 Å². The number of piperidine rings is 1. The van der Waals surface area contributed by atoms with Crippen LogP contribution in [0.15, 0.2) is 30.6 Å². The number of morpholine rings is 2. The molecule has 7 heterocycles. The first-order valence-corrected chi connectivity index (χ1v) is 13.3. The summed E-state index contributed by atoms with van der Waals surface area (Å²) < 4.78 is 11.7. The maximum absolute atomic E-state index is 13.6. The normalized spacial score (nSPS) is 25.9. The summed E-state index contributed by atoms with van der Waals surface area (Å²) in [6.45, 7) is 4.88. The van der Waals surface area contributed by atoms with Gasteiger partial charge in [0.25, 0.3) is 0 Å². The van der Waals surface area contributed by atoms with E-state index in [4.69, 9.17) is 21.1 Å². The number of nitrogens with zero attached hydrogens (tertiary/aromatic N) is 3. The van der Waals surface area contributed by atoms with Gasteiger partial charge >= 0.3 is 6.03 Å². The Balaban J connectivity index is 1.24. The van der Waals surface area contributed by atoms with Gasteiger partial charge in [-0.05, 0) is 53.6 Å². The van der Waals surface area contributed by atoms with E-state index in [1.807, 2.05) is 11.1 Å². The Bertz CT molecular complexity index is 1310. The molecule has 1 aromatic carbocycles. The van der Waals surface area contributed by atoms with Crippen LogP contribution in [0, 0.1) is 0 Å². The Morgan fingerprint density at radius 1 is 1.17 bits per heavy atom. The minimum atomic E-state index is 0.0921. The van der Waals surface area contributed by atoms with E-state index in [0.717, 1.165) is 61.1 Å². The second kappa shape index (κ2) is 9.03. The summed E-state index contributed by atoms with van der Waals surface area (Å²) in [5, 5.41) is 5.22. The minimum absolute atomic E-state index is 0.0921. The zero-order valence-corrected chi connectivity index (χ0v) is 20.9. The van der Waals surface area contributed by atoms with Crippen molar-refractivity contribution in [1.29, 1.82) is 0 Å². The van der Waals surface area contributed by atoms with Crippen molar-refractivity contribution in [2.45, 2.75) is 44.0 Å². The van der Waals surface area contributed by atoms with Crippen LogP contribution in [0.5, 0.6) is 0 Å². The maximum Gasteiger partial charge on any atom is 0.320 e. The summed E-state index contributed by atoms with van der Waals surface area (Å²) in [7, 11) is 0. The number of urea groups is 1. The number of carbonyl (C=O) groups excluding carboxylic acids is 1. The minimum Gasteiger partial charge on any atom is -0.378 e. The number of pyridine rings is 1. The van der Waals surface area contributed by atoms with E-state index in [2.05, 4.69) is 38.4 Å². The molecule has 8 rings (SSSR count). The zero-order chi connectivity index (χ0) is 24.2. The van der Waals surface area contributed by atoms with Crippen molar-refractivity contribution in [2.24, 2.45) is 0 Å². The van der Waals surface area contributed by atoms with Gasteiger partial charge < -0.3 is 29.6 Å². The van der Waals surface area contributed by atoms with Gasteiger partial charge in [-0.3, -0.25) is 0 Å². The molecule has 0 saturated carbocycles. The molecule has 36 heavy (non-hydrogen) atoms. The second-order valence-electron chi connectivity index (χ2n) is 10.3. The van der Waals surface area contributed by atoms with E-state index in [1.54, 1.807) is 6.20 Å². The Labute approximate surface area is 214 Å². The first-order valence-electron chi connectivity index (χ1n) is 12.9. The lowest BCUT2D eigenvalue weighted by molar-refractivity contribution is -0.0923. The van der Waals surface area contributed by atoms with Crippen LogP contribution in [-0.2, 0) is 22.4 Å². The summed E-state index contributed by atoms with van der Waals surface area (Å²) in [5.74, 6) is 0. The predicted octanol–water partition coefficient (Wildman–Crippen LogP) is 3.89. The number of rotatable bonds is 2. The van der Waals surface area contributed by atoms with Gasteiger partial charge in [0.1, 0.15) is 5.65 Å². The highest BCUT2D eigenvalue weighted by Gasteiger charge is 2.40. The van der Waals surface area contributed by atoms with Gasteiger partial charge in [0.05, 0.1) is 43.0 Å². The Morgan fingerprint density at radius 3 is 2.89 bits per heavy atom. The highest BCUT2D eigenvalue weighted by molar-refractivity contribution is 6.35. The van der Waals surface area contributed by atoms with E-state index in [1.165, 1.54) is 16.7 Å². The molecule has 0 aliphatic carbocycles. The molecule has 2 aromatic heterocycles. The summed E-state index contributed by atoms with van der Waals surface area (Å²) in [4.78, 5) is 25.4. The maximum atomic E-state index is 13.6. The zero-order valence-electron chi connectivity index (χ0n) is 20.1. The molecule has 2 amide bonds. The second-order valence-corrected chi connectivity index (χ2v) is 10.7. The van der Waals surface area contributed by atoms with Crippen molar-refractivity contribution in [3.05, 3.63) is 52.3 Å². The van der Waals surface area contributed by atoms with Crippen LogP contribution in [0.2, 0.25) is 5.02 Å². The van der Waals surface area contributed by atoms with Gasteiger partial charge in [0, 0.05) is 49.5 Å². The molecule has 188 valence electrons. The third-order valence-corrected chi connectivity index (χ3v) is 8.50. The number of benzene rings is 1. The molecule has 5 aliphatic heterocycles. The summed E-state index contributed by atoms with van der Waals surface area (Å²) in [6, 6.07) is 7.07. The lowest BCUT2D eigenvalue weighted by atomic mass is 9.87. The quantitative estimate of drug-likeness (QED) is 0.550. The molecule has 5 aliphatic rings. The number of hydrogen-bond acceptors (Lipinski definition) is 5. The summed E-state index contributed by atoms with van der Waals surface area (Å²) in [6.07, 6.45) is 6.80. The fourth-order valence-corrected chi connectivity index (χ4v) is 6.40. The number of aromatic amines is 1. The number of halogens is 1. The average Bonchev–Trinajstić information content (AvgIpc) is 3.32. The number of aromatic nitrogens is 2. The Morgan fingerprint density at radius 2 is 2.11 bits per heavy atom. The standard InChI is InChI=1S/C27H30ClN5O3/c28-24-11-31-26-22(24)9-18(10-30-26)17-7-16-3-5-32(27(34)33-12-20-2-1-19(33)14-36-20)13-23(16)21(8-17)25-15-35-6-4-29-25/h7-11,19-20,25,29H,1-6,12-15H2,(H,30,31)/t19-,20-,25-/m0/s1. The first kappa shape index (κ1) is 22.5. The summed E-state index contributed by atoms with van der Waals surface area (Å²) in [5.41, 5.74) is 6.69. The lowest BCUT2D eigenvalue weighted by Crippen LogP contribution is -2.60. The number of H-pyrrole nitrogens is 1. The van der Waals surface area contributed by atoms with Crippen LogP contribution in [0.4, 0.5) is 4.79 Å². The van der Waals surface area contributed by atoms with Gasteiger partial charge in [-0.1, -0.05) is 17.7 Å². The van der Waals surface area contributed by atoms with Crippen LogP contribution in [-0.4, -0.2) is 77.4 Å². The van der Waals surface area contributed by atoms with Crippen molar-refractivity contribution < 1.29 is 14.3 Å². The molecule has 2 N–H and O–H groups in total. The number of amides is 2. The molecular formula is C27H30ClN5O3. The molecule has 4 fully saturated rings. The molecule has 0 unspecified atom stereocenters. The largest absolute Gasteiger partial charge is 0.378 e. The van der Waals surface area contributed by atoms with E-state index in [-0.39, 0.29) is 24.2 Å². The number of hydrogen-bond donors (Lipinski definition) is 2. The van der Waals surface area contributed by atoms with Gasteiger partial charge in [0.15, 0.2) is 0 Å². The van der Waals surface area contributed by atoms with Crippen LogP contribution >= 0.6 is 11.6 Å². The monoisotopic (exact) mass is 507 g/mol. The number of fused-ring (bicyclic) bond motifs is 5. The fraction of sp³-hybridized carbons (Fsp3) is 0.481. The average molecular weight is 508 g/mol. The van der Waals surface area contributed by atoms with Crippen LogP contribution in [0.3, 0.4) is 0 Å². The fourth-order valence-electron chi connectivity index (χ4n) is 6.20. The highest BCUT2D eigenvalue weighted by atomic mass is 35.5. The number of nitrogens with one attached hydrogen (secondary N) is 2. The topological polar surface area (TPSA) is 82.7 Å². The molecular weight excluding hydrogens is 478 g/mol. The number of carbonyl (C=O) groups is 1. The molecule has 3 atom stereocenters. The van der Waals surface area contributed by atoms with Crippen molar-refractivity contribution in [3.8, 4) is 11.1 Å². The van der Waals surface area contributed by atoms with E-state index in [9.17, 15) is 4.79 Å². The molecule has 0 spiro atoms. The molecule has 2 bridgehead atoms. The van der Waals surface area contributed by atoms with Crippen LogP contribution in [0.1, 0.15) is 35.6 Å². The van der Waals surface area contributed by atoms with Crippen molar-refractivity contribution in [3.63, 3.8) is 0 Å². The van der Waals surface area contributed by atoms with Gasteiger partial charge in [-0.2, -0.15) is 0 Å². The lowest BCUT2D eigenvalue weighted by Gasteiger charge is -2.47. The first-order chi connectivity index (χ1) is 17.6. The summed E-state index contributed by atoms with van der Waals surface area (Å²) >= 11 is 6.39. The van der Waals surface area contributed by atoms with Crippen LogP contribution < -0.4 is 5.32 Å². The Hall–Kier alpha value is -2.65. The predicted molar refractivity (Wildman–Crippen MR) is 137 cm³/mol. The SMILES string of the molecule is O=C(N1CCc2cc(-c3cnc4[nH]cc(Cl)c4c3)cc([C@@H]3COCCN3)c2C1)N1C[C@@H]2CC[C@H]1CO2. The van der Waals surface area contributed by atoms with E-state index in [0.29, 0.717) is 31.3 Å². The van der Waals surface area contributed by atoms with Crippen molar-refractivity contribution in [1.82, 2.24) is 25.1 Å². The van der Waals surface area contributed by atoms with Gasteiger partial charge in [0.2, 0.25) is 0 Å². The molecule has 4 saturated heterocycles. The number of ether oxygens (including phenoxy) is 2. The molecule has 3 aromatic rings. The third-order valence-electron chi connectivity index (χ3n) is 8.19. The van der Waals surface area contributed by atoms with E-state index >= 15 is 0 Å². The Kier molecular flexibility index (Phi) is 5.65. The van der Waals surface area contributed by atoms with Gasteiger partial charge in [-0.15, -0.1) is 0 Å².